The third kappa shape index (κ3) is 3.08. The molecule has 5 heteroatoms. The van der Waals surface area contributed by atoms with Gasteiger partial charge in [-0.2, -0.15) is 5.26 Å². The molecule has 2 heterocycles. The van der Waals surface area contributed by atoms with Crippen LogP contribution in [-0.2, 0) is 4.79 Å². The summed E-state index contributed by atoms with van der Waals surface area (Å²) in [4.78, 5) is 21.1. The van der Waals surface area contributed by atoms with Gasteiger partial charge in [-0.15, -0.1) is 0 Å². The van der Waals surface area contributed by atoms with Crippen LogP contribution < -0.4 is 5.32 Å². The number of hydrogen-bond acceptors (Lipinski definition) is 4. The number of benzene rings is 2. The smallest absolute Gasteiger partial charge is 0.230 e. The minimum atomic E-state index is -0.128. The van der Waals surface area contributed by atoms with Gasteiger partial charge in [0.05, 0.1) is 35.1 Å². The van der Waals surface area contributed by atoms with Gasteiger partial charge < -0.3 is 5.32 Å². The number of carbonyl (C=O) groups excluding carboxylic acids is 1. The molecule has 0 spiro atoms. The molecule has 4 rings (SSSR count). The first-order chi connectivity index (χ1) is 12.7. The Hall–Kier alpha value is -3.78. The first kappa shape index (κ1) is 15.7. The largest absolute Gasteiger partial charge is 0.324 e. The maximum atomic E-state index is 12.4. The van der Waals surface area contributed by atoms with Gasteiger partial charge in [0.15, 0.2) is 0 Å². The standard InChI is InChI=1S/C21H14N4O/c22-13-14-2-1-3-17(10-14)19-12-21(26)25-20-11-16(4-5-18(20)24-19)15-6-8-23-9-7-15/h1-11H,12H2,(H,25,26). The number of aliphatic imine (C=N–C) groups is 1. The molecule has 1 N–H and O–H groups in total. The van der Waals surface area contributed by atoms with E-state index in [9.17, 15) is 4.79 Å². The molecule has 2 aromatic carbocycles. The molecule has 26 heavy (non-hydrogen) atoms. The number of nitrogens with zero attached hydrogens (tertiary/aromatic N) is 3. The summed E-state index contributed by atoms with van der Waals surface area (Å²) in [6.45, 7) is 0. The maximum Gasteiger partial charge on any atom is 0.230 e. The number of rotatable bonds is 2. The highest BCUT2D eigenvalue weighted by molar-refractivity contribution is 6.17. The van der Waals surface area contributed by atoms with Crippen LogP contribution in [0.1, 0.15) is 17.5 Å². The molecule has 3 aromatic rings. The van der Waals surface area contributed by atoms with E-state index in [4.69, 9.17) is 5.26 Å². The highest BCUT2D eigenvalue weighted by Crippen LogP contribution is 2.33. The number of nitrogens with one attached hydrogen (secondary N) is 1. The van der Waals surface area contributed by atoms with E-state index in [0.717, 1.165) is 16.7 Å². The first-order valence-electron chi connectivity index (χ1n) is 8.15. The van der Waals surface area contributed by atoms with Gasteiger partial charge in [-0.25, -0.2) is 0 Å². The predicted molar refractivity (Wildman–Crippen MR) is 100 cm³/mol. The van der Waals surface area contributed by atoms with E-state index in [0.29, 0.717) is 22.6 Å². The highest BCUT2D eigenvalue weighted by atomic mass is 16.1. The Bertz CT molecular complexity index is 1060. The molecule has 5 nitrogen and oxygen atoms in total. The van der Waals surface area contributed by atoms with E-state index in [-0.39, 0.29) is 12.3 Å². The molecule has 0 bridgehead atoms. The van der Waals surface area contributed by atoms with Crippen LogP contribution in [-0.4, -0.2) is 16.6 Å². The molecule has 1 aromatic heterocycles. The van der Waals surface area contributed by atoms with E-state index in [1.807, 2.05) is 36.4 Å². The van der Waals surface area contributed by atoms with Crippen molar-refractivity contribution in [2.24, 2.45) is 4.99 Å². The van der Waals surface area contributed by atoms with Crippen LogP contribution in [0, 0.1) is 11.3 Å². The van der Waals surface area contributed by atoms with E-state index >= 15 is 0 Å². The Labute approximate surface area is 150 Å². The number of nitriles is 1. The molecule has 0 radical (unpaired) electrons. The van der Waals surface area contributed by atoms with Crippen molar-refractivity contribution in [3.8, 4) is 17.2 Å². The summed E-state index contributed by atoms with van der Waals surface area (Å²) in [5, 5.41) is 12.0. The van der Waals surface area contributed by atoms with E-state index in [1.165, 1.54) is 0 Å². The molecule has 0 saturated carbocycles. The van der Waals surface area contributed by atoms with Gasteiger partial charge >= 0.3 is 0 Å². The fraction of sp³-hybridized carbons (Fsp3) is 0.0476. The molecule has 0 atom stereocenters. The topological polar surface area (TPSA) is 78.1 Å². The minimum absolute atomic E-state index is 0.128. The van der Waals surface area contributed by atoms with Crippen molar-refractivity contribution in [1.82, 2.24) is 4.98 Å². The molecular weight excluding hydrogens is 324 g/mol. The molecule has 0 aliphatic carbocycles. The monoisotopic (exact) mass is 338 g/mol. The van der Waals surface area contributed by atoms with Crippen LogP contribution in [0.4, 0.5) is 11.4 Å². The summed E-state index contributed by atoms with van der Waals surface area (Å²) in [5.41, 5.74) is 5.36. The van der Waals surface area contributed by atoms with Crippen molar-refractivity contribution in [2.45, 2.75) is 6.42 Å². The second-order valence-electron chi connectivity index (χ2n) is 5.94. The van der Waals surface area contributed by atoms with E-state index in [2.05, 4.69) is 21.4 Å². The summed E-state index contributed by atoms with van der Waals surface area (Å²) in [5.74, 6) is -0.128. The van der Waals surface area contributed by atoms with Crippen LogP contribution in [0.25, 0.3) is 11.1 Å². The number of fused-ring (bicyclic) bond motifs is 1. The average molecular weight is 338 g/mol. The van der Waals surface area contributed by atoms with Crippen molar-refractivity contribution in [1.29, 1.82) is 5.26 Å². The zero-order valence-electron chi connectivity index (χ0n) is 13.8. The Morgan fingerprint density at radius 1 is 0.962 bits per heavy atom. The lowest BCUT2D eigenvalue weighted by molar-refractivity contribution is -0.115. The normalized spacial score (nSPS) is 13.0. The molecule has 1 aliphatic heterocycles. The third-order valence-electron chi connectivity index (χ3n) is 4.19. The quantitative estimate of drug-likeness (QED) is 0.764. The molecule has 124 valence electrons. The second kappa shape index (κ2) is 6.61. The third-order valence-corrected chi connectivity index (χ3v) is 4.19. The number of amides is 1. The van der Waals surface area contributed by atoms with Gasteiger partial charge in [0.2, 0.25) is 5.91 Å². The van der Waals surface area contributed by atoms with Crippen molar-refractivity contribution in [3.63, 3.8) is 0 Å². The Morgan fingerprint density at radius 2 is 1.81 bits per heavy atom. The molecule has 1 amide bonds. The number of carbonyl (C=O) groups is 1. The predicted octanol–water partition coefficient (Wildman–Crippen LogP) is 4.08. The first-order valence-corrected chi connectivity index (χ1v) is 8.15. The lowest BCUT2D eigenvalue weighted by Gasteiger charge is -2.08. The number of hydrogen-bond donors (Lipinski definition) is 1. The Balaban J connectivity index is 1.78. The van der Waals surface area contributed by atoms with Gasteiger partial charge in [0.1, 0.15) is 0 Å². The van der Waals surface area contributed by atoms with Crippen LogP contribution in [0.5, 0.6) is 0 Å². The summed E-state index contributed by atoms with van der Waals surface area (Å²) in [6, 6.07) is 18.9. The van der Waals surface area contributed by atoms with Gasteiger partial charge in [-0.3, -0.25) is 14.8 Å². The van der Waals surface area contributed by atoms with E-state index < -0.39 is 0 Å². The number of aromatic nitrogens is 1. The highest BCUT2D eigenvalue weighted by Gasteiger charge is 2.18. The fourth-order valence-corrected chi connectivity index (χ4v) is 2.92. The van der Waals surface area contributed by atoms with Crippen LogP contribution in [0.15, 0.2) is 72.0 Å². The van der Waals surface area contributed by atoms with Crippen molar-refractivity contribution in [2.75, 3.05) is 5.32 Å². The number of anilines is 1. The SMILES string of the molecule is N#Cc1cccc(C2=Nc3ccc(-c4ccncc4)cc3NC(=O)C2)c1. The van der Waals surface area contributed by atoms with Crippen LogP contribution in [0.2, 0.25) is 0 Å². The zero-order chi connectivity index (χ0) is 17.9. The summed E-state index contributed by atoms with van der Waals surface area (Å²) in [6.07, 6.45) is 3.63. The summed E-state index contributed by atoms with van der Waals surface area (Å²) in [7, 11) is 0. The van der Waals surface area contributed by atoms with E-state index in [1.54, 1.807) is 30.6 Å². The van der Waals surface area contributed by atoms with Gasteiger partial charge in [-0.05, 0) is 53.1 Å². The molecule has 0 saturated heterocycles. The lowest BCUT2D eigenvalue weighted by Crippen LogP contribution is -2.15. The molecule has 1 aliphatic rings. The molecule has 0 fully saturated rings. The van der Waals surface area contributed by atoms with Gasteiger partial charge in [0.25, 0.3) is 0 Å². The Kier molecular flexibility index (Phi) is 4.00. The second-order valence-corrected chi connectivity index (χ2v) is 5.94. The summed E-state index contributed by atoms with van der Waals surface area (Å²) >= 11 is 0. The zero-order valence-corrected chi connectivity index (χ0v) is 13.8. The van der Waals surface area contributed by atoms with Crippen LogP contribution in [0.3, 0.4) is 0 Å². The van der Waals surface area contributed by atoms with Crippen molar-refractivity contribution in [3.05, 3.63) is 78.1 Å². The van der Waals surface area contributed by atoms with Crippen LogP contribution >= 0.6 is 0 Å². The average Bonchev–Trinajstić information content (AvgIpc) is 2.86. The molecular formula is C21H14N4O. The van der Waals surface area contributed by atoms with Gasteiger partial charge in [-0.1, -0.05) is 18.2 Å². The Morgan fingerprint density at radius 3 is 2.62 bits per heavy atom. The minimum Gasteiger partial charge on any atom is -0.324 e. The van der Waals surface area contributed by atoms with Crippen molar-refractivity contribution < 1.29 is 4.79 Å². The van der Waals surface area contributed by atoms with Crippen molar-refractivity contribution >= 4 is 23.0 Å². The summed E-state index contributed by atoms with van der Waals surface area (Å²) < 4.78 is 0. The number of pyridine rings is 1. The maximum absolute atomic E-state index is 12.4. The van der Waals surface area contributed by atoms with Gasteiger partial charge in [0, 0.05) is 12.4 Å². The molecule has 0 unspecified atom stereocenters. The lowest BCUT2D eigenvalue weighted by atomic mass is 10.0. The fourth-order valence-electron chi connectivity index (χ4n) is 2.92.